The SMILES string of the molecule is CC[C@@]1(C)Cc2c(sc3nc(SC)n4c(SCc5ccc(Cl)cc5Cl)nnc4c23)CO1. The molecule has 1 atom stereocenters. The number of thioether (sulfide) groups is 2. The molecule has 162 valence electrons. The average molecular weight is 512 g/mol. The summed E-state index contributed by atoms with van der Waals surface area (Å²) in [4.78, 5) is 7.23. The van der Waals surface area contributed by atoms with E-state index in [2.05, 4.69) is 28.4 Å². The molecule has 1 aliphatic heterocycles. The first-order valence-corrected chi connectivity index (χ1v) is 13.6. The van der Waals surface area contributed by atoms with Gasteiger partial charge in [-0.05, 0) is 42.9 Å². The van der Waals surface area contributed by atoms with Gasteiger partial charge in [0, 0.05) is 27.1 Å². The van der Waals surface area contributed by atoms with Crippen LogP contribution in [0.15, 0.2) is 28.5 Å². The monoisotopic (exact) mass is 510 g/mol. The zero-order valence-corrected chi connectivity index (χ0v) is 21.2. The van der Waals surface area contributed by atoms with Crippen LogP contribution in [0.1, 0.15) is 36.3 Å². The first-order valence-electron chi connectivity index (χ1n) is 9.86. The van der Waals surface area contributed by atoms with E-state index in [0.717, 1.165) is 44.6 Å². The van der Waals surface area contributed by atoms with Gasteiger partial charge in [0.1, 0.15) is 4.83 Å². The highest BCUT2D eigenvalue weighted by Crippen LogP contribution is 2.42. The van der Waals surface area contributed by atoms with Gasteiger partial charge in [-0.25, -0.2) is 9.38 Å². The van der Waals surface area contributed by atoms with Gasteiger partial charge in [-0.3, -0.25) is 0 Å². The van der Waals surface area contributed by atoms with Crippen LogP contribution in [0.3, 0.4) is 0 Å². The molecule has 1 aliphatic rings. The van der Waals surface area contributed by atoms with Crippen LogP contribution in [0.4, 0.5) is 0 Å². The molecule has 0 spiro atoms. The lowest BCUT2D eigenvalue weighted by molar-refractivity contribution is -0.0542. The van der Waals surface area contributed by atoms with Crippen LogP contribution in [0, 0.1) is 0 Å². The molecule has 0 unspecified atom stereocenters. The molecule has 4 heterocycles. The molecule has 1 aromatic carbocycles. The van der Waals surface area contributed by atoms with Crippen LogP contribution in [0.2, 0.25) is 10.0 Å². The minimum atomic E-state index is -0.154. The molecule has 0 fully saturated rings. The lowest BCUT2D eigenvalue weighted by Gasteiger charge is -2.32. The Morgan fingerprint density at radius 3 is 2.84 bits per heavy atom. The Balaban J connectivity index is 1.60. The van der Waals surface area contributed by atoms with Gasteiger partial charge in [0.05, 0.1) is 17.6 Å². The Labute approximate surface area is 202 Å². The zero-order chi connectivity index (χ0) is 21.8. The van der Waals surface area contributed by atoms with Gasteiger partial charge in [-0.2, -0.15) is 0 Å². The number of nitrogens with zero attached hydrogens (tertiary/aromatic N) is 4. The predicted octanol–water partition coefficient (Wildman–Crippen LogP) is 6.90. The Kier molecular flexibility index (Phi) is 5.90. The molecular weight excluding hydrogens is 491 g/mol. The summed E-state index contributed by atoms with van der Waals surface area (Å²) in [6.07, 6.45) is 3.86. The molecule has 0 N–H and O–H groups in total. The normalized spacial score (nSPS) is 18.7. The maximum Gasteiger partial charge on any atom is 0.198 e. The third kappa shape index (κ3) is 3.85. The molecule has 5 rings (SSSR count). The van der Waals surface area contributed by atoms with Crippen molar-refractivity contribution in [3.63, 3.8) is 0 Å². The largest absolute Gasteiger partial charge is 0.369 e. The van der Waals surface area contributed by atoms with E-state index in [1.807, 2.05) is 18.4 Å². The Morgan fingerprint density at radius 2 is 2.10 bits per heavy atom. The third-order valence-corrected chi connectivity index (χ3v) is 9.03. The molecule has 31 heavy (non-hydrogen) atoms. The number of ether oxygens (including phenoxy) is 1. The van der Waals surface area contributed by atoms with Crippen molar-refractivity contribution in [3.05, 3.63) is 44.2 Å². The number of benzene rings is 1. The van der Waals surface area contributed by atoms with Crippen molar-refractivity contribution in [2.24, 2.45) is 0 Å². The Hall–Kier alpha value is -1.03. The quantitative estimate of drug-likeness (QED) is 0.215. The van der Waals surface area contributed by atoms with E-state index in [0.29, 0.717) is 22.4 Å². The van der Waals surface area contributed by atoms with Gasteiger partial charge in [0.2, 0.25) is 0 Å². The molecule has 0 bridgehead atoms. The second kappa shape index (κ2) is 8.39. The first-order chi connectivity index (χ1) is 14.9. The third-order valence-electron chi connectivity index (χ3n) is 5.72. The van der Waals surface area contributed by atoms with Crippen molar-refractivity contribution in [3.8, 4) is 0 Å². The highest BCUT2D eigenvalue weighted by atomic mass is 35.5. The second-order valence-corrected chi connectivity index (χ2v) is 11.4. The minimum Gasteiger partial charge on any atom is -0.369 e. The average Bonchev–Trinajstić information content (AvgIpc) is 3.33. The van der Waals surface area contributed by atoms with Gasteiger partial charge in [0.25, 0.3) is 0 Å². The van der Waals surface area contributed by atoms with Crippen molar-refractivity contribution in [1.82, 2.24) is 19.6 Å². The first kappa shape index (κ1) is 21.8. The zero-order valence-electron chi connectivity index (χ0n) is 17.2. The summed E-state index contributed by atoms with van der Waals surface area (Å²) in [6.45, 7) is 4.99. The van der Waals surface area contributed by atoms with Crippen LogP contribution < -0.4 is 0 Å². The van der Waals surface area contributed by atoms with E-state index in [1.165, 1.54) is 10.4 Å². The summed E-state index contributed by atoms with van der Waals surface area (Å²) < 4.78 is 8.24. The fraction of sp³-hybridized carbons (Fsp3) is 0.381. The maximum atomic E-state index is 6.36. The fourth-order valence-corrected chi connectivity index (χ4v) is 7.00. The minimum absolute atomic E-state index is 0.154. The van der Waals surface area contributed by atoms with Gasteiger partial charge in [-0.15, -0.1) is 21.5 Å². The number of fused-ring (bicyclic) bond motifs is 5. The lowest BCUT2D eigenvalue weighted by atomic mass is 9.90. The Bertz CT molecular complexity index is 1310. The van der Waals surface area contributed by atoms with Gasteiger partial charge >= 0.3 is 0 Å². The molecule has 3 aromatic heterocycles. The fourth-order valence-electron chi connectivity index (χ4n) is 3.76. The number of halogens is 2. The highest BCUT2D eigenvalue weighted by molar-refractivity contribution is 7.99. The van der Waals surface area contributed by atoms with Crippen molar-refractivity contribution in [2.45, 2.75) is 55.0 Å². The molecule has 0 saturated carbocycles. The Morgan fingerprint density at radius 1 is 1.26 bits per heavy atom. The van der Waals surface area contributed by atoms with E-state index in [4.69, 9.17) is 32.9 Å². The number of aromatic nitrogens is 4. The van der Waals surface area contributed by atoms with Crippen molar-refractivity contribution < 1.29 is 4.74 Å². The van der Waals surface area contributed by atoms with Crippen LogP contribution in [-0.4, -0.2) is 31.4 Å². The highest BCUT2D eigenvalue weighted by Gasteiger charge is 2.33. The maximum absolute atomic E-state index is 6.36. The van der Waals surface area contributed by atoms with Crippen molar-refractivity contribution >= 4 is 73.9 Å². The molecule has 0 radical (unpaired) electrons. The molecule has 0 saturated heterocycles. The van der Waals surface area contributed by atoms with E-state index >= 15 is 0 Å². The summed E-state index contributed by atoms with van der Waals surface area (Å²) in [7, 11) is 0. The van der Waals surface area contributed by atoms with Crippen LogP contribution >= 0.6 is 58.1 Å². The molecule has 0 amide bonds. The number of hydrogen-bond donors (Lipinski definition) is 0. The van der Waals surface area contributed by atoms with E-state index < -0.39 is 0 Å². The number of hydrogen-bond acceptors (Lipinski definition) is 7. The van der Waals surface area contributed by atoms with Gasteiger partial charge < -0.3 is 4.74 Å². The summed E-state index contributed by atoms with van der Waals surface area (Å²) in [6, 6.07) is 5.57. The molecule has 0 aliphatic carbocycles. The molecular formula is C21H20Cl2N4OS3. The van der Waals surface area contributed by atoms with Crippen LogP contribution in [0.25, 0.3) is 15.9 Å². The second-order valence-electron chi connectivity index (χ2n) is 7.72. The van der Waals surface area contributed by atoms with E-state index in [-0.39, 0.29) is 5.60 Å². The molecule has 10 heteroatoms. The predicted molar refractivity (Wildman–Crippen MR) is 131 cm³/mol. The summed E-state index contributed by atoms with van der Waals surface area (Å²) in [5.41, 5.74) is 3.04. The molecule has 4 aromatic rings. The smallest absolute Gasteiger partial charge is 0.198 e. The summed E-state index contributed by atoms with van der Waals surface area (Å²) in [5, 5.41) is 13.2. The topological polar surface area (TPSA) is 52.3 Å². The van der Waals surface area contributed by atoms with Crippen molar-refractivity contribution in [2.75, 3.05) is 6.26 Å². The van der Waals surface area contributed by atoms with E-state index in [1.54, 1.807) is 40.9 Å². The lowest BCUT2D eigenvalue weighted by Crippen LogP contribution is -2.33. The van der Waals surface area contributed by atoms with Gasteiger partial charge in [0.15, 0.2) is 16.0 Å². The van der Waals surface area contributed by atoms with Crippen LogP contribution in [0.5, 0.6) is 0 Å². The number of rotatable bonds is 5. The van der Waals surface area contributed by atoms with Crippen molar-refractivity contribution in [1.29, 1.82) is 0 Å². The number of thiophene rings is 1. The summed E-state index contributed by atoms with van der Waals surface area (Å²) in [5.74, 6) is 0.673. The standard InChI is InChI=1S/C21H20Cl2N4OS3/c1-4-21(2)8-13-15(9-28-21)31-18-16(13)17-25-26-20(27(17)19(24-18)29-3)30-10-11-5-6-12(22)7-14(11)23/h5-7H,4,8-10H2,1-3H3/t21-/m0/s1. The molecule has 5 nitrogen and oxygen atoms in total. The summed E-state index contributed by atoms with van der Waals surface area (Å²) >= 11 is 17.3. The van der Waals surface area contributed by atoms with Gasteiger partial charge in [-0.1, -0.05) is 59.7 Å². The van der Waals surface area contributed by atoms with E-state index in [9.17, 15) is 0 Å². The van der Waals surface area contributed by atoms with Crippen LogP contribution in [-0.2, 0) is 23.5 Å².